The van der Waals surface area contributed by atoms with E-state index in [9.17, 15) is 9.00 Å². The van der Waals surface area contributed by atoms with Crippen LogP contribution in [0, 0.1) is 5.92 Å². The molecular weight excluding hydrogens is 200 g/mol. The monoisotopic (exact) mass is 218 g/mol. The molecule has 1 aliphatic rings. The van der Waals surface area contributed by atoms with Crippen LogP contribution < -0.4 is 10.6 Å². The molecule has 0 aliphatic carbocycles. The molecule has 2 N–H and O–H groups in total. The zero-order valence-corrected chi connectivity index (χ0v) is 9.36. The molecule has 0 aromatic carbocycles. The van der Waals surface area contributed by atoms with Crippen molar-refractivity contribution in [1.82, 2.24) is 10.6 Å². The first-order chi connectivity index (χ1) is 6.72. The molecule has 0 saturated carbocycles. The van der Waals surface area contributed by atoms with E-state index in [-0.39, 0.29) is 11.7 Å². The van der Waals surface area contributed by atoms with Gasteiger partial charge in [-0.1, -0.05) is 6.92 Å². The van der Waals surface area contributed by atoms with Crippen molar-refractivity contribution in [2.24, 2.45) is 5.92 Å². The average molecular weight is 218 g/mol. The maximum Gasteiger partial charge on any atom is 0.232 e. The van der Waals surface area contributed by atoms with Gasteiger partial charge in [-0.25, -0.2) is 0 Å². The van der Waals surface area contributed by atoms with Gasteiger partial charge in [0.1, 0.15) is 5.75 Å². The van der Waals surface area contributed by atoms with E-state index in [1.54, 1.807) is 0 Å². The van der Waals surface area contributed by atoms with Crippen LogP contribution in [0.1, 0.15) is 13.3 Å². The summed E-state index contributed by atoms with van der Waals surface area (Å²) >= 11 is 0. The van der Waals surface area contributed by atoms with Crippen LogP contribution in [0.4, 0.5) is 0 Å². The van der Waals surface area contributed by atoms with Gasteiger partial charge in [0, 0.05) is 36.2 Å². The number of hydrogen-bond donors (Lipinski definition) is 2. The van der Waals surface area contributed by atoms with Crippen LogP contribution in [0.25, 0.3) is 0 Å². The predicted octanol–water partition coefficient (Wildman–Crippen LogP) is -0.519. The fourth-order valence-corrected chi connectivity index (χ4v) is 2.52. The highest BCUT2D eigenvalue weighted by Gasteiger charge is 2.20. The minimum Gasteiger partial charge on any atom is -0.355 e. The predicted molar refractivity (Wildman–Crippen MR) is 57.5 cm³/mol. The van der Waals surface area contributed by atoms with Crippen LogP contribution in [-0.4, -0.2) is 41.3 Å². The smallest absolute Gasteiger partial charge is 0.232 e. The Kier molecular flexibility index (Phi) is 5.11. The van der Waals surface area contributed by atoms with Gasteiger partial charge in [-0.15, -0.1) is 0 Å². The van der Waals surface area contributed by atoms with Crippen molar-refractivity contribution in [3.8, 4) is 0 Å². The summed E-state index contributed by atoms with van der Waals surface area (Å²) in [7, 11) is -0.984. The van der Waals surface area contributed by atoms with E-state index in [1.165, 1.54) is 0 Å². The van der Waals surface area contributed by atoms with Crippen LogP contribution in [0.3, 0.4) is 0 Å². The number of carbonyl (C=O) groups excluding carboxylic acids is 1. The SMILES string of the molecule is CCCNC(=O)CS(=O)CC1CNC1. The summed E-state index contributed by atoms with van der Waals surface area (Å²) in [6.45, 7) is 4.57. The Morgan fingerprint density at radius 3 is 2.79 bits per heavy atom. The van der Waals surface area contributed by atoms with Gasteiger partial charge < -0.3 is 10.6 Å². The molecule has 0 aromatic heterocycles. The van der Waals surface area contributed by atoms with Crippen LogP contribution in [0.5, 0.6) is 0 Å². The van der Waals surface area contributed by atoms with Gasteiger partial charge in [0.05, 0.1) is 0 Å². The van der Waals surface area contributed by atoms with Gasteiger partial charge in [-0.2, -0.15) is 0 Å². The van der Waals surface area contributed by atoms with Crippen LogP contribution in [-0.2, 0) is 15.6 Å². The maximum atomic E-state index is 11.4. The molecule has 0 bridgehead atoms. The molecule has 5 heteroatoms. The molecule has 82 valence electrons. The normalized spacial score (nSPS) is 18.6. The van der Waals surface area contributed by atoms with Crippen LogP contribution in [0.15, 0.2) is 0 Å². The van der Waals surface area contributed by atoms with Crippen molar-refractivity contribution < 1.29 is 9.00 Å². The summed E-state index contributed by atoms with van der Waals surface area (Å²) in [6.07, 6.45) is 0.922. The topological polar surface area (TPSA) is 58.2 Å². The lowest BCUT2D eigenvalue weighted by molar-refractivity contribution is -0.118. The van der Waals surface area contributed by atoms with E-state index in [2.05, 4.69) is 10.6 Å². The van der Waals surface area contributed by atoms with E-state index >= 15 is 0 Å². The first-order valence-electron chi connectivity index (χ1n) is 5.04. The summed E-state index contributed by atoms with van der Waals surface area (Å²) in [5.74, 6) is 1.25. The number of rotatable bonds is 6. The van der Waals surface area contributed by atoms with E-state index in [4.69, 9.17) is 0 Å². The Bertz CT molecular complexity index is 217. The highest BCUT2D eigenvalue weighted by Crippen LogP contribution is 2.04. The highest BCUT2D eigenvalue weighted by atomic mass is 32.2. The minimum atomic E-state index is -0.984. The van der Waals surface area contributed by atoms with E-state index in [1.807, 2.05) is 6.92 Å². The first-order valence-corrected chi connectivity index (χ1v) is 6.53. The zero-order chi connectivity index (χ0) is 10.4. The first kappa shape index (κ1) is 11.7. The Hall–Kier alpha value is -0.420. The largest absolute Gasteiger partial charge is 0.355 e. The Morgan fingerprint density at radius 2 is 2.29 bits per heavy atom. The number of amides is 1. The van der Waals surface area contributed by atoms with Crippen LogP contribution >= 0.6 is 0 Å². The van der Waals surface area contributed by atoms with E-state index in [0.717, 1.165) is 19.5 Å². The third kappa shape index (κ3) is 4.19. The standard InChI is InChI=1S/C9H18N2O2S/c1-2-3-11-9(12)7-14(13)6-8-4-10-5-8/h8,10H,2-7H2,1H3,(H,11,12). The quantitative estimate of drug-likeness (QED) is 0.631. The Morgan fingerprint density at radius 1 is 1.57 bits per heavy atom. The highest BCUT2D eigenvalue weighted by molar-refractivity contribution is 7.85. The number of hydrogen-bond acceptors (Lipinski definition) is 3. The Balaban J connectivity index is 2.09. The maximum absolute atomic E-state index is 11.4. The molecule has 1 unspecified atom stereocenters. The second-order valence-corrected chi connectivity index (χ2v) is 5.13. The van der Waals surface area contributed by atoms with E-state index in [0.29, 0.717) is 18.2 Å². The van der Waals surface area contributed by atoms with Gasteiger partial charge in [0.25, 0.3) is 0 Å². The van der Waals surface area contributed by atoms with Crippen molar-refractivity contribution in [2.75, 3.05) is 31.1 Å². The molecule has 1 atom stereocenters. The van der Waals surface area contributed by atoms with Gasteiger partial charge in [0.15, 0.2) is 0 Å². The van der Waals surface area contributed by atoms with Crippen molar-refractivity contribution in [3.63, 3.8) is 0 Å². The second kappa shape index (κ2) is 6.14. The molecule has 1 heterocycles. The van der Waals surface area contributed by atoms with Crippen molar-refractivity contribution in [3.05, 3.63) is 0 Å². The molecule has 0 radical (unpaired) electrons. The van der Waals surface area contributed by atoms with Gasteiger partial charge in [-0.3, -0.25) is 9.00 Å². The zero-order valence-electron chi connectivity index (χ0n) is 8.54. The average Bonchev–Trinajstić information content (AvgIpc) is 2.08. The lowest BCUT2D eigenvalue weighted by atomic mass is 10.1. The third-order valence-corrected chi connectivity index (χ3v) is 3.58. The Labute approximate surface area is 87.3 Å². The van der Waals surface area contributed by atoms with Gasteiger partial charge in [-0.05, 0) is 12.3 Å². The molecule has 14 heavy (non-hydrogen) atoms. The molecule has 0 spiro atoms. The summed E-state index contributed by atoms with van der Waals surface area (Å²) in [5, 5.41) is 5.84. The second-order valence-electron chi connectivity index (χ2n) is 3.63. The third-order valence-electron chi connectivity index (χ3n) is 2.15. The lowest BCUT2D eigenvalue weighted by Gasteiger charge is -2.26. The lowest BCUT2D eigenvalue weighted by Crippen LogP contribution is -2.45. The molecule has 0 aromatic rings. The van der Waals surface area contributed by atoms with Crippen molar-refractivity contribution >= 4 is 16.7 Å². The molecule has 1 saturated heterocycles. The molecule has 1 fully saturated rings. The molecular formula is C9H18N2O2S. The van der Waals surface area contributed by atoms with Gasteiger partial charge >= 0.3 is 0 Å². The molecule has 1 amide bonds. The van der Waals surface area contributed by atoms with Crippen molar-refractivity contribution in [1.29, 1.82) is 0 Å². The molecule has 1 aliphatic heterocycles. The summed E-state index contributed by atoms with van der Waals surface area (Å²) < 4.78 is 11.4. The summed E-state index contributed by atoms with van der Waals surface area (Å²) in [6, 6.07) is 0. The van der Waals surface area contributed by atoms with Crippen molar-refractivity contribution in [2.45, 2.75) is 13.3 Å². The number of nitrogens with one attached hydrogen (secondary N) is 2. The molecule has 1 rings (SSSR count). The fraction of sp³-hybridized carbons (Fsp3) is 0.889. The van der Waals surface area contributed by atoms with E-state index < -0.39 is 10.8 Å². The minimum absolute atomic E-state index is 0.0857. The number of carbonyl (C=O) groups is 1. The van der Waals surface area contributed by atoms with Gasteiger partial charge in [0.2, 0.25) is 5.91 Å². The fourth-order valence-electron chi connectivity index (χ4n) is 1.25. The summed E-state index contributed by atoms with van der Waals surface area (Å²) in [4.78, 5) is 11.2. The molecule has 4 nitrogen and oxygen atoms in total. The van der Waals surface area contributed by atoms with Crippen LogP contribution in [0.2, 0.25) is 0 Å². The summed E-state index contributed by atoms with van der Waals surface area (Å²) in [5.41, 5.74) is 0.